The number of ether oxygens (including phenoxy) is 1. The van der Waals surface area contributed by atoms with Gasteiger partial charge < -0.3 is 15.4 Å². The second kappa shape index (κ2) is 7.11. The first-order chi connectivity index (χ1) is 9.06. The highest BCUT2D eigenvalue weighted by molar-refractivity contribution is 5.37. The fourth-order valence-corrected chi connectivity index (χ4v) is 1.48. The van der Waals surface area contributed by atoms with Gasteiger partial charge >= 0.3 is 6.01 Å². The summed E-state index contributed by atoms with van der Waals surface area (Å²) in [6.45, 7) is 9.09. The Bertz CT molecular complexity index is 393. The molecule has 0 fully saturated rings. The standard InChI is InChI=1S/C13H25N5O/c1-6-9-19-12-16-10(14-5)15-11(17-12)18-13(4,7-2)8-3/h6-9H2,1-5H3,(H2,14,15,16,17,18). The molecule has 0 saturated carbocycles. The molecule has 1 rings (SSSR count). The minimum Gasteiger partial charge on any atom is -0.463 e. The van der Waals surface area contributed by atoms with Crippen molar-refractivity contribution < 1.29 is 4.74 Å². The molecular weight excluding hydrogens is 242 g/mol. The van der Waals surface area contributed by atoms with Crippen LogP contribution in [0.15, 0.2) is 0 Å². The SMILES string of the molecule is CCCOc1nc(NC)nc(NC(C)(CC)CC)n1. The summed E-state index contributed by atoms with van der Waals surface area (Å²) in [4.78, 5) is 12.8. The third kappa shape index (κ3) is 4.54. The van der Waals surface area contributed by atoms with Crippen molar-refractivity contribution in [3.8, 4) is 6.01 Å². The molecule has 0 radical (unpaired) electrons. The number of nitrogens with zero attached hydrogens (tertiary/aromatic N) is 3. The zero-order chi connectivity index (χ0) is 14.3. The van der Waals surface area contributed by atoms with Crippen LogP contribution < -0.4 is 15.4 Å². The molecular formula is C13H25N5O. The van der Waals surface area contributed by atoms with E-state index in [1.54, 1.807) is 7.05 Å². The highest BCUT2D eigenvalue weighted by atomic mass is 16.5. The van der Waals surface area contributed by atoms with E-state index in [1.807, 2.05) is 6.92 Å². The zero-order valence-electron chi connectivity index (χ0n) is 12.6. The molecule has 0 saturated heterocycles. The first kappa shape index (κ1) is 15.5. The van der Waals surface area contributed by atoms with Crippen molar-refractivity contribution in [3.63, 3.8) is 0 Å². The molecule has 19 heavy (non-hydrogen) atoms. The number of nitrogens with one attached hydrogen (secondary N) is 2. The van der Waals surface area contributed by atoms with Gasteiger partial charge in [0.05, 0.1) is 6.61 Å². The molecule has 0 aliphatic heterocycles. The van der Waals surface area contributed by atoms with Gasteiger partial charge in [0.1, 0.15) is 0 Å². The largest absolute Gasteiger partial charge is 0.463 e. The Morgan fingerprint density at radius 2 is 1.68 bits per heavy atom. The Kier molecular flexibility index (Phi) is 5.79. The molecule has 2 N–H and O–H groups in total. The molecule has 0 amide bonds. The van der Waals surface area contributed by atoms with Crippen molar-refractivity contribution in [3.05, 3.63) is 0 Å². The number of aromatic nitrogens is 3. The van der Waals surface area contributed by atoms with E-state index < -0.39 is 0 Å². The quantitative estimate of drug-likeness (QED) is 0.754. The van der Waals surface area contributed by atoms with Gasteiger partial charge in [-0.3, -0.25) is 0 Å². The van der Waals surface area contributed by atoms with Crippen LogP contribution in [-0.2, 0) is 0 Å². The highest BCUT2D eigenvalue weighted by Gasteiger charge is 2.21. The van der Waals surface area contributed by atoms with Gasteiger partial charge in [0, 0.05) is 12.6 Å². The minimum atomic E-state index is -0.0195. The number of hydrogen-bond donors (Lipinski definition) is 2. The molecule has 0 atom stereocenters. The molecule has 0 aromatic carbocycles. The molecule has 6 heteroatoms. The maximum absolute atomic E-state index is 5.48. The summed E-state index contributed by atoms with van der Waals surface area (Å²) in [6.07, 6.45) is 2.91. The van der Waals surface area contributed by atoms with E-state index in [4.69, 9.17) is 4.74 Å². The van der Waals surface area contributed by atoms with Crippen molar-refractivity contribution in [2.75, 3.05) is 24.3 Å². The van der Waals surface area contributed by atoms with Gasteiger partial charge in [-0.15, -0.1) is 0 Å². The van der Waals surface area contributed by atoms with Crippen molar-refractivity contribution in [1.29, 1.82) is 0 Å². The van der Waals surface area contributed by atoms with Crippen molar-refractivity contribution in [1.82, 2.24) is 15.0 Å². The Labute approximate surface area is 115 Å². The summed E-state index contributed by atoms with van der Waals surface area (Å²) < 4.78 is 5.48. The molecule has 0 spiro atoms. The average Bonchev–Trinajstić information content (AvgIpc) is 2.44. The summed E-state index contributed by atoms with van der Waals surface area (Å²) in [7, 11) is 1.78. The Morgan fingerprint density at radius 1 is 1.05 bits per heavy atom. The lowest BCUT2D eigenvalue weighted by molar-refractivity contribution is 0.292. The van der Waals surface area contributed by atoms with Crippen LogP contribution in [0.4, 0.5) is 11.9 Å². The smallest absolute Gasteiger partial charge is 0.323 e. The van der Waals surface area contributed by atoms with Gasteiger partial charge in [-0.2, -0.15) is 15.0 Å². The highest BCUT2D eigenvalue weighted by Crippen LogP contribution is 2.21. The first-order valence-electron chi connectivity index (χ1n) is 6.91. The van der Waals surface area contributed by atoms with Crippen LogP contribution in [-0.4, -0.2) is 34.1 Å². The molecule has 1 aromatic rings. The van der Waals surface area contributed by atoms with Crippen LogP contribution in [0.25, 0.3) is 0 Å². The van der Waals surface area contributed by atoms with Gasteiger partial charge in [-0.25, -0.2) is 0 Å². The normalized spacial score (nSPS) is 11.2. The molecule has 6 nitrogen and oxygen atoms in total. The number of anilines is 2. The molecule has 1 aromatic heterocycles. The summed E-state index contributed by atoms with van der Waals surface area (Å²) in [6, 6.07) is 0.359. The lowest BCUT2D eigenvalue weighted by Crippen LogP contribution is -2.34. The minimum absolute atomic E-state index is 0.0195. The van der Waals surface area contributed by atoms with E-state index in [-0.39, 0.29) is 5.54 Å². The molecule has 108 valence electrons. The molecule has 1 heterocycles. The van der Waals surface area contributed by atoms with Crippen LogP contribution >= 0.6 is 0 Å². The van der Waals surface area contributed by atoms with E-state index >= 15 is 0 Å². The molecule has 0 aliphatic rings. The van der Waals surface area contributed by atoms with E-state index in [0.29, 0.717) is 24.5 Å². The zero-order valence-corrected chi connectivity index (χ0v) is 12.6. The summed E-state index contributed by atoms with van der Waals surface area (Å²) >= 11 is 0. The van der Waals surface area contributed by atoms with Crippen molar-refractivity contribution in [2.45, 2.75) is 52.5 Å². The van der Waals surface area contributed by atoms with Crippen LogP contribution in [0.3, 0.4) is 0 Å². The second-order valence-corrected chi connectivity index (χ2v) is 4.76. The van der Waals surface area contributed by atoms with Crippen LogP contribution in [0.2, 0.25) is 0 Å². The summed E-state index contributed by atoms with van der Waals surface area (Å²) in [5, 5.41) is 6.29. The predicted octanol–water partition coefficient (Wildman–Crippen LogP) is 2.69. The van der Waals surface area contributed by atoms with Gasteiger partial charge in [0.25, 0.3) is 0 Å². The average molecular weight is 267 g/mol. The third-order valence-electron chi connectivity index (χ3n) is 3.25. The first-order valence-corrected chi connectivity index (χ1v) is 6.91. The Balaban J connectivity index is 2.92. The van der Waals surface area contributed by atoms with E-state index in [1.165, 1.54) is 0 Å². The summed E-state index contributed by atoms with van der Waals surface area (Å²) in [5.74, 6) is 1.06. The monoisotopic (exact) mass is 267 g/mol. The van der Waals surface area contributed by atoms with Gasteiger partial charge in [0.2, 0.25) is 11.9 Å². The predicted molar refractivity (Wildman–Crippen MR) is 77.8 cm³/mol. The lowest BCUT2D eigenvalue weighted by atomic mass is 9.96. The van der Waals surface area contributed by atoms with E-state index in [0.717, 1.165) is 19.3 Å². The van der Waals surface area contributed by atoms with Gasteiger partial charge in [0.15, 0.2) is 0 Å². The molecule has 0 bridgehead atoms. The topological polar surface area (TPSA) is 72.0 Å². The maximum Gasteiger partial charge on any atom is 0.323 e. The maximum atomic E-state index is 5.48. The van der Waals surface area contributed by atoms with Gasteiger partial charge in [-0.05, 0) is 26.2 Å². The Morgan fingerprint density at radius 3 is 2.21 bits per heavy atom. The fraction of sp³-hybridized carbons (Fsp3) is 0.769. The third-order valence-corrected chi connectivity index (χ3v) is 3.25. The van der Waals surface area contributed by atoms with Crippen molar-refractivity contribution >= 4 is 11.9 Å². The van der Waals surface area contributed by atoms with E-state index in [2.05, 4.69) is 46.4 Å². The Hall–Kier alpha value is -1.59. The molecule has 0 unspecified atom stereocenters. The number of hydrogen-bond acceptors (Lipinski definition) is 6. The molecule has 0 aliphatic carbocycles. The van der Waals surface area contributed by atoms with Crippen LogP contribution in [0.1, 0.15) is 47.0 Å². The summed E-state index contributed by atoms with van der Waals surface area (Å²) in [5.41, 5.74) is -0.0195. The number of rotatable bonds is 8. The van der Waals surface area contributed by atoms with E-state index in [9.17, 15) is 0 Å². The lowest BCUT2D eigenvalue weighted by Gasteiger charge is -2.28. The second-order valence-electron chi connectivity index (χ2n) is 4.76. The van der Waals surface area contributed by atoms with Crippen LogP contribution in [0, 0.1) is 0 Å². The van der Waals surface area contributed by atoms with Gasteiger partial charge in [-0.1, -0.05) is 20.8 Å². The fourth-order valence-electron chi connectivity index (χ4n) is 1.48. The van der Waals surface area contributed by atoms with Crippen LogP contribution in [0.5, 0.6) is 6.01 Å². The van der Waals surface area contributed by atoms with Crippen molar-refractivity contribution in [2.24, 2.45) is 0 Å².